The molecule has 0 aromatic carbocycles. The van der Waals surface area contributed by atoms with E-state index < -0.39 is 54.8 Å². The minimum absolute atomic E-state index is 0.00844. The number of carboxylic acid groups (broad SMARTS) is 5. The quantitative estimate of drug-likeness (QED) is 0.0422. The second-order valence-corrected chi connectivity index (χ2v) is 13.2. The molecule has 0 unspecified atom stereocenters. The summed E-state index contributed by atoms with van der Waals surface area (Å²) in [6.45, 7) is 1.71. The largest absolute Gasteiger partial charge is 0.480 e. The number of carbonyl (C=O) groups is 8. The van der Waals surface area contributed by atoms with Crippen molar-refractivity contribution in [2.75, 3.05) is 131 Å². The molecule has 21 nitrogen and oxygen atoms in total. The van der Waals surface area contributed by atoms with Crippen molar-refractivity contribution in [1.82, 2.24) is 40.0 Å². The van der Waals surface area contributed by atoms with Gasteiger partial charge >= 0.3 is 29.8 Å². The molecular weight excluding hydrogens is 716 g/mol. The summed E-state index contributed by atoms with van der Waals surface area (Å²) >= 11 is 0. The minimum atomic E-state index is -1.20. The molecule has 7 N–H and O–H groups in total. The molecule has 0 aliphatic carbocycles. The average Bonchev–Trinajstić information content (AvgIpc) is 3.05. The predicted molar refractivity (Wildman–Crippen MR) is 192 cm³/mol. The van der Waals surface area contributed by atoms with Gasteiger partial charge in [-0.1, -0.05) is 19.8 Å². The summed E-state index contributed by atoms with van der Waals surface area (Å²) in [6, 6.07) is 0. The zero-order chi connectivity index (χ0) is 40.5. The highest BCUT2D eigenvalue weighted by atomic mass is 16.4. The van der Waals surface area contributed by atoms with Crippen LogP contribution in [0.25, 0.3) is 0 Å². The van der Waals surface area contributed by atoms with E-state index in [1.807, 2.05) is 6.92 Å². The number of Topliss-reactive ketones (excluding diaryl/α,β-unsaturated/α-hetero) is 1. The van der Waals surface area contributed by atoms with Gasteiger partial charge in [-0.2, -0.15) is 0 Å². The van der Waals surface area contributed by atoms with Crippen molar-refractivity contribution in [3.05, 3.63) is 0 Å². The molecule has 0 spiro atoms. The number of unbranched alkanes of at least 4 members (excludes halogenated alkanes) is 2. The van der Waals surface area contributed by atoms with Crippen molar-refractivity contribution in [3.8, 4) is 0 Å². The van der Waals surface area contributed by atoms with Crippen LogP contribution >= 0.6 is 0 Å². The van der Waals surface area contributed by atoms with Crippen molar-refractivity contribution < 1.29 is 63.9 Å². The zero-order valence-corrected chi connectivity index (χ0v) is 31.2. The maximum absolute atomic E-state index is 12.9. The number of nitrogens with one attached hydrogen (secondary N) is 2. The number of rotatable bonds is 26. The maximum atomic E-state index is 12.9. The third kappa shape index (κ3) is 24.9. The molecule has 0 radical (unpaired) electrons. The van der Waals surface area contributed by atoms with E-state index in [9.17, 15) is 63.9 Å². The normalized spacial score (nSPS) is 15.6. The van der Waals surface area contributed by atoms with E-state index in [2.05, 4.69) is 10.6 Å². The lowest BCUT2D eigenvalue weighted by Gasteiger charge is -2.32. The molecule has 2 amide bonds. The monoisotopic (exact) mass is 774 g/mol. The summed E-state index contributed by atoms with van der Waals surface area (Å²) in [6.07, 6.45) is 2.81. The van der Waals surface area contributed by atoms with Crippen molar-refractivity contribution >= 4 is 47.4 Å². The lowest BCUT2D eigenvalue weighted by atomic mass is 10.1. The third-order valence-corrected chi connectivity index (χ3v) is 8.42. The van der Waals surface area contributed by atoms with Crippen molar-refractivity contribution in [2.24, 2.45) is 0 Å². The Bertz CT molecular complexity index is 1210. The van der Waals surface area contributed by atoms with Crippen molar-refractivity contribution in [2.45, 2.75) is 32.6 Å². The average molecular weight is 775 g/mol. The van der Waals surface area contributed by atoms with E-state index in [1.165, 1.54) is 9.80 Å². The van der Waals surface area contributed by atoms with Gasteiger partial charge in [0.2, 0.25) is 11.8 Å². The molecule has 1 aliphatic rings. The molecule has 308 valence electrons. The number of aliphatic carboxylic acids is 5. The third-order valence-electron chi connectivity index (χ3n) is 8.42. The summed E-state index contributed by atoms with van der Waals surface area (Å²) in [4.78, 5) is 104. The molecule has 0 saturated carbocycles. The number of amides is 2. The molecule has 1 rings (SSSR count). The smallest absolute Gasteiger partial charge is 0.317 e. The molecule has 54 heavy (non-hydrogen) atoms. The van der Waals surface area contributed by atoms with E-state index in [0.717, 1.165) is 12.8 Å². The zero-order valence-electron chi connectivity index (χ0n) is 31.2. The van der Waals surface area contributed by atoms with Crippen LogP contribution in [-0.4, -0.2) is 233 Å². The highest BCUT2D eigenvalue weighted by Gasteiger charge is 2.22. The van der Waals surface area contributed by atoms with Crippen LogP contribution < -0.4 is 10.6 Å². The van der Waals surface area contributed by atoms with Gasteiger partial charge in [-0.05, 0) is 6.42 Å². The number of hydrogen-bond acceptors (Lipinski definition) is 14. The first-order valence-electron chi connectivity index (χ1n) is 18.0. The molecule has 1 saturated heterocycles. The Morgan fingerprint density at radius 2 is 0.852 bits per heavy atom. The fourth-order valence-electron chi connectivity index (χ4n) is 5.70. The molecule has 0 aromatic heterocycles. The van der Waals surface area contributed by atoms with Gasteiger partial charge in [-0.15, -0.1) is 0 Å². The highest BCUT2D eigenvalue weighted by molar-refractivity contribution is 5.81. The van der Waals surface area contributed by atoms with Gasteiger partial charge < -0.3 is 36.2 Å². The molecule has 21 heteroatoms. The first-order valence-corrected chi connectivity index (χ1v) is 18.0. The molecule has 1 fully saturated rings. The molecule has 1 aliphatic heterocycles. The number of carboxylic acids is 5. The van der Waals surface area contributed by atoms with E-state index in [1.54, 1.807) is 19.6 Å². The second-order valence-electron chi connectivity index (χ2n) is 13.2. The van der Waals surface area contributed by atoms with E-state index in [-0.39, 0.29) is 124 Å². The SMILES string of the molecule is CCCCCC(=O)CN(CCN(CC(=O)O)CC(=O)NCCNC(=O)CN1CCN(CC(=O)O)CCN(CC(=O)O)CCN(CC(=O)O)CC1)CC(=O)O. The molecule has 0 aromatic rings. The van der Waals surface area contributed by atoms with Gasteiger partial charge in [0.1, 0.15) is 5.78 Å². The topological polar surface area (TPSA) is 281 Å². The Labute approximate surface area is 314 Å². The Morgan fingerprint density at radius 1 is 0.481 bits per heavy atom. The second kappa shape index (κ2) is 27.3. The molecular formula is C33H58N8O13. The van der Waals surface area contributed by atoms with E-state index in [0.29, 0.717) is 12.8 Å². The van der Waals surface area contributed by atoms with Crippen LogP contribution in [0.5, 0.6) is 0 Å². The van der Waals surface area contributed by atoms with Crippen LogP contribution in [0.3, 0.4) is 0 Å². The predicted octanol–water partition coefficient (Wildman–Crippen LogP) is -3.38. The lowest BCUT2D eigenvalue weighted by molar-refractivity contribution is -0.141. The van der Waals surface area contributed by atoms with Gasteiger partial charge in [0, 0.05) is 85.0 Å². The molecule has 0 atom stereocenters. The van der Waals surface area contributed by atoms with Crippen LogP contribution in [0, 0.1) is 0 Å². The van der Waals surface area contributed by atoms with Gasteiger partial charge in [0.05, 0.1) is 52.4 Å². The van der Waals surface area contributed by atoms with Gasteiger partial charge in [-0.3, -0.25) is 67.8 Å². The number of carbonyl (C=O) groups excluding carboxylic acids is 3. The van der Waals surface area contributed by atoms with Crippen LogP contribution in [0.2, 0.25) is 0 Å². The fourth-order valence-corrected chi connectivity index (χ4v) is 5.70. The summed E-state index contributed by atoms with van der Waals surface area (Å²) in [5.41, 5.74) is 0. The van der Waals surface area contributed by atoms with Crippen molar-refractivity contribution in [1.29, 1.82) is 0 Å². The molecule has 1 heterocycles. The fraction of sp³-hybridized carbons (Fsp3) is 0.758. The number of nitrogens with zero attached hydrogens (tertiary/aromatic N) is 6. The standard InChI is InChI=1S/C33H58N8O13/c1-2-3-4-5-26(42)18-40(24-32(51)52)16-17-41(25-33(53)54)20-28(44)35-7-6-34-27(43)19-36-8-10-37(21-29(45)46)12-14-39(23-31(49)50)15-13-38(11-9-36)22-30(47)48/h2-25H2,1H3,(H,34,43)(H,35,44)(H,45,46)(H,47,48)(H,49,50)(H,51,52)(H,53,54). The van der Waals surface area contributed by atoms with E-state index >= 15 is 0 Å². The summed E-state index contributed by atoms with van der Waals surface area (Å²) < 4.78 is 0. The van der Waals surface area contributed by atoms with Crippen LogP contribution in [0.4, 0.5) is 0 Å². The van der Waals surface area contributed by atoms with Gasteiger partial charge in [0.25, 0.3) is 0 Å². The van der Waals surface area contributed by atoms with Gasteiger partial charge in [-0.25, -0.2) is 0 Å². The summed E-state index contributed by atoms with van der Waals surface area (Å²) in [5.74, 6) is -6.60. The van der Waals surface area contributed by atoms with E-state index in [4.69, 9.17) is 0 Å². The molecule has 0 bridgehead atoms. The minimum Gasteiger partial charge on any atom is -0.480 e. The van der Waals surface area contributed by atoms with Crippen LogP contribution in [0.1, 0.15) is 32.6 Å². The maximum Gasteiger partial charge on any atom is 0.317 e. The van der Waals surface area contributed by atoms with Crippen LogP contribution in [0.15, 0.2) is 0 Å². The Balaban J connectivity index is 2.74. The summed E-state index contributed by atoms with van der Waals surface area (Å²) in [5, 5.41) is 52.0. The Kier molecular flexibility index (Phi) is 24.2. The Morgan fingerprint density at radius 3 is 1.22 bits per heavy atom. The Hall–Kier alpha value is -4.28. The first-order chi connectivity index (χ1) is 25.6. The number of ketones is 1. The number of hydrogen-bond donors (Lipinski definition) is 7. The van der Waals surface area contributed by atoms with Gasteiger partial charge in [0.15, 0.2) is 0 Å². The van der Waals surface area contributed by atoms with Crippen LogP contribution in [-0.2, 0) is 38.4 Å². The first kappa shape index (κ1) is 47.7. The highest BCUT2D eigenvalue weighted by Crippen LogP contribution is 2.04. The summed E-state index contributed by atoms with van der Waals surface area (Å²) in [7, 11) is 0. The lowest BCUT2D eigenvalue weighted by Crippen LogP contribution is -2.50. The van der Waals surface area contributed by atoms with Crippen molar-refractivity contribution in [3.63, 3.8) is 0 Å².